The van der Waals surface area contributed by atoms with E-state index in [9.17, 15) is 18.3 Å². The number of carbonyl (C=O) groups is 1. The summed E-state index contributed by atoms with van der Waals surface area (Å²) in [6, 6.07) is 8.58. The molecule has 2 saturated heterocycles. The van der Waals surface area contributed by atoms with Crippen LogP contribution in [0.2, 0.25) is 0 Å². The highest BCUT2D eigenvalue weighted by molar-refractivity contribution is 7.89. The van der Waals surface area contributed by atoms with Crippen LogP contribution in [0.3, 0.4) is 0 Å². The average Bonchev–Trinajstić information content (AvgIpc) is 3.30. The minimum Gasteiger partial charge on any atom is -0.481 e. The third-order valence-electron chi connectivity index (χ3n) is 4.95. The summed E-state index contributed by atoms with van der Waals surface area (Å²) in [5.41, 5.74) is 0.770. The van der Waals surface area contributed by atoms with Crippen LogP contribution in [-0.4, -0.2) is 45.7 Å². The molecule has 1 aromatic heterocycles. The molecule has 0 spiro atoms. The van der Waals surface area contributed by atoms with E-state index < -0.39 is 28.0 Å². The number of carboxylic acid groups (broad SMARTS) is 1. The lowest BCUT2D eigenvalue weighted by molar-refractivity contribution is -0.142. The fourth-order valence-electron chi connectivity index (χ4n) is 3.86. The summed E-state index contributed by atoms with van der Waals surface area (Å²) in [5, 5.41) is 13.4. The summed E-state index contributed by atoms with van der Waals surface area (Å²) in [6.07, 6.45) is 4.54. The monoisotopic (exact) mass is 347 g/mol. The van der Waals surface area contributed by atoms with Gasteiger partial charge in [-0.25, -0.2) is 13.1 Å². The van der Waals surface area contributed by atoms with Gasteiger partial charge in [-0.2, -0.15) is 9.40 Å². The van der Waals surface area contributed by atoms with Gasteiger partial charge in [-0.3, -0.25) is 4.79 Å². The second-order valence-electron chi connectivity index (χ2n) is 6.27. The second kappa shape index (κ2) is 5.42. The Morgan fingerprint density at radius 2 is 1.96 bits per heavy atom. The third kappa shape index (κ3) is 2.25. The highest BCUT2D eigenvalue weighted by atomic mass is 32.2. The average molecular weight is 347 g/mol. The van der Waals surface area contributed by atoms with Crippen molar-refractivity contribution in [1.82, 2.24) is 14.1 Å². The molecule has 2 aromatic rings. The van der Waals surface area contributed by atoms with Crippen molar-refractivity contribution in [3.05, 3.63) is 42.7 Å². The Bertz CT molecular complexity index is 878. The van der Waals surface area contributed by atoms with Crippen molar-refractivity contribution in [2.24, 2.45) is 5.92 Å². The van der Waals surface area contributed by atoms with Gasteiger partial charge in [0, 0.05) is 12.1 Å². The number of sulfonamides is 1. The molecule has 2 aliphatic heterocycles. The number of nitrogens with zero attached hydrogens (tertiary/aromatic N) is 3. The molecule has 1 N–H and O–H groups in total. The Kier molecular flexibility index (Phi) is 3.47. The normalized spacial score (nSPS) is 26.8. The van der Waals surface area contributed by atoms with Gasteiger partial charge in [-0.05, 0) is 31.4 Å². The van der Waals surface area contributed by atoms with Gasteiger partial charge in [0.25, 0.3) is 0 Å². The van der Waals surface area contributed by atoms with Crippen molar-refractivity contribution in [1.29, 1.82) is 0 Å². The van der Waals surface area contributed by atoms with Crippen molar-refractivity contribution < 1.29 is 18.3 Å². The molecule has 3 heterocycles. The maximum absolute atomic E-state index is 13.0. The van der Waals surface area contributed by atoms with E-state index in [2.05, 4.69) is 5.10 Å². The van der Waals surface area contributed by atoms with Crippen LogP contribution < -0.4 is 0 Å². The minimum absolute atomic E-state index is 0.106. The quantitative estimate of drug-likeness (QED) is 0.905. The predicted octanol–water partition coefficient (Wildman–Crippen LogP) is 1.50. The van der Waals surface area contributed by atoms with E-state index in [-0.39, 0.29) is 10.9 Å². The van der Waals surface area contributed by atoms with Crippen LogP contribution in [0.25, 0.3) is 5.69 Å². The summed E-state index contributed by atoms with van der Waals surface area (Å²) in [6.45, 7) is 0. The van der Waals surface area contributed by atoms with Crippen molar-refractivity contribution in [3.63, 3.8) is 0 Å². The lowest BCUT2D eigenvalue weighted by atomic mass is 9.89. The first-order valence-electron chi connectivity index (χ1n) is 7.85. The predicted molar refractivity (Wildman–Crippen MR) is 85.1 cm³/mol. The Morgan fingerprint density at radius 3 is 2.62 bits per heavy atom. The van der Waals surface area contributed by atoms with Crippen LogP contribution in [-0.2, 0) is 14.8 Å². The molecule has 4 rings (SSSR count). The zero-order valence-corrected chi connectivity index (χ0v) is 13.6. The summed E-state index contributed by atoms with van der Waals surface area (Å²) in [4.78, 5) is 11.5. The molecule has 2 bridgehead atoms. The van der Waals surface area contributed by atoms with Crippen LogP contribution in [0.15, 0.2) is 47.6 Å². The van der Waals surface area contributed by atoms with Gasteiger partial charge in [0.05, 0.1) is 24.0 Å². The fraction of sp³-hybridized carbons (Fsp3) is 0.375. The number of rotatable bonds is 4. The highest BCUT2D eigenvalue weighted by Crippen LogP contribution is 2.45. The summed E-state index contributed by atoms with van der Waals surface area (Å²) in [7, 11) is -3.74. The summed E-state index contributed by atoms with van der Waals surface area (Å²) < 4.78 is 28.9. The molecule has 24 heavy (non-hydrogen) atoms. The molecule has 0 aliphatic carbocycles. The summed E-state index contributed by atoms with van der Waals surface area (Å²) in [5.74, 6) is -1.52. The number of aromatic nitrogens is 2. The standard InChI is InChI=1S/C16H17N3O4S/c20-16(21)14-8-12-6-7-15(14)19(12)24(22,23)13-9-17-18(10-13)11-4-2-1-3-5-11/h1-5,9-10,12,14-15H,6-8H2,(H,20,21). The van der Waals surface area contributed by atoms with Gasteiger partial charge in [-0.15, -0.1) is 0 Å². The largest absolute Gasteiger partial charge is 0.481 e. The Hall–Kier alpha value is -2.19. The molecule has 7 nitrogen and oxygen atoms in total. The molecular weight excluding hydrogens is 330 g/mol. The van der Waals surface area contributed by atoms with E-state index in [1.807, 2.05) is 30.3 Å². The summed E-state index contributed by atoms with van der Waals surface area (Å²) >= 11 is 0. The lowest BCUT2D eigenvalue weighted by Gasteiger charge is -2.21. The Balaban J connectivity index is 1.67. The molecule has 0 radical (unpaired) electrons. The molecule has 126 valence electrons. The highest BCUT2D eigenvalue weighted by Gasteiger charge is 2.54. The van der Waals surface area contributed by atoms with Crippen LogP contribution >= 0.6 is 0 Å². The molecule has 8 heteroatoms. The van der Waals surface area contributed by atoms with Crippen LogP contribution in [0.4, 0.5) is 0 Å². The third-order valence-corrected chi connectivity index (χ3v) is 6.88. The molecule has 0 saturated carbocycles. The fourth-order valence-corrected chi connectivity index (χ4v) is 5.71. The minimum atomic E-state index is -3.74. The van der Waals surface area contributed by atoms with Crippen molar-refractivity contribution in [2.45, 2.75) is 36.2 Å². The van der Waals surface area contributed by atoms with Gasteiger partial charge >= 0.3 is 5.97 Å². The topological polar surface area (TPSA) is 92.5 Å². The molecule has 2 fully saturated rings. The van der Waals surface area contributed by atoms with Crippen molar-refractivity contribution in [2.75, 3.05) is 0 Å². The number of benzene rings is 1. The first-order valence-corrected chi connectivity index (χ1v) is 9.29. The number of hydrogen-bond donors (Lipinski definition) is 1. The van der Waals surface area contributed by atoms with E-state index in [1.54, 1.807) is 0 Å². The SMILES string of the molecule is O=C(O)C1CC2CCC1N2S(=O)(=O)c1cnn(-c2ccccc2)c1. The molecule has 3 unspecified atom stereocenters. The molecule has 0 amide bonds. The first-order chi connectivity index (χ1) is 11.5. The Labute approximate surface area is 139 Å². The lowest BCUT2D eigenvalue weighted by Crippen LogP contribution is -2.37. The van der Waals surface area contributed by atoms with Crippen LogP contribution in [0.5, 0.6) is 0 Å². The second-order valence-corrected chi connectivity index (χ2v) is 8.11. The van der Waals surface area contributed by atoms with Crippen molar-refractivity contribution >= 4 is 16.0 Å². The molecule has 3 atom stereocenters. The zero-order valence-electron chi connectivity index (χ0n) is 12.8. The number of aliphatic carboxylic acids is 1. The molecule has 2 aliphatic rings. The number of fused-ring (bicyclic) bond motifs is 2. The maximum Gasteiger partial charge on any atom is 0.308 e. The maximum atomic E-state index is 13.0. The zero-order chi connectivity index (χ0) is 16.9. The van der Waals surface area contributed by atoms with E-state index in [0.717, 1.165) is 12.1 Å². The van der Waals surface area contributed by atoms with Crippen LogP contribution in [0, 0.1) is 5.92 Å². The number of para-hydroxylation sites is 1. The first kappa shape index (κ1) is 15.3. The van der Waals surface area contributed by atoms with E-state index in [0.29, 0.717) is 12.8 Å². The number of hydrogen-bond acceptors (Lipinski definition) is 4. The van der Waals surface area contributed by atoms with Crippen LogP contribution in [0.1, 0.15) is 19.3 Å². The van der Waals surface area contributed by atoms with Gasteiger partial charge in [0.15, 0.2) is 0 Å². The number of carboxylic acids is 1. The van der Waals surface area contributed by atoms with Gasteiger partial charge in [-0.1, -0.05) is 18.2 Å². The Morgan fingerprint density at radius 1 is 1.21 bits per heavy atom. The van der Waals surface area contributed by atoms with E-state index in [4.69, 9.17) is 0 Å². The smallest absolute Gasteiger partial charge is 0.308 e. The van der Waals surface area contributed by atoms with Gasteiger partial charge in [0.2, 0.25) is 10.0 Å². The van der Waals surface area contributed by atoms with Gasteiger partial charge < -0.3 is 5.11 Å². The van der Waals surface area contributed by atoms with E-state index in [1.165, 1.54) is 21.4 Å². The van der Waals surface area contributed by atoms with Crippen molar-refractivity contribution in [3.8, 4) is 5.69 Å². The molecular formula is C16H17N3O4S. The molecule has 1 aromatic carbocycles. The van der Waals surface area contributed by atoms with Gasteiger partial charge in [0.1, 0.15) is 4.90 Å². The van der Waals surface area contributed by atoms with E-state index >= 15 is 0 Å².